The maximum atomic E-state index is 6.26. The molecule has 0 radical (unpaired) electrons. The summed E-state index contributed by atoms with van der Waals surface area (Å²) in [4.78, 5) is 15.0. The molecule has 0 atom stereocenters. The molecule has 4 nitrogen and oxygen atoms in total. The highest BCUT2D eigenvalue weighted by atomic mass is 16.3. The normalized spacial score (nSPS) is 11.6. The largest absolute Gasteiger partial charge is 0.456 e. The Balaban J connectivity index is 1.21. The Labute approximate surface area is 259 Å². The third-order valence-corrected chi connectivity index (χ3v) is 8.49. The fourth-order valence-electron chi connectivity index (χ4n) is 6.23. The van der Waals surface area contributed by atoms with Gasteiger partial charge in [-0.05, 0) is 69.1 Å². The second-order valence-electron chi connectivity index (χ2n) is 11.3. The van der Waals surface area contributed by atoms with Crippen LogP contribution in [0.15, 0.2) is 156 Å². The Kier molecular flexibility index (Phi) is 5.78. The van der Waals surface area contributed by atoms with Crippen LogP contribution in [0.25, 0.3) is 88.8 Å². The molecular formula is C41H25N3O. The number of hydrogen-bond acceptors (Lipinski definition) is 4. The van der Waals surface area contributed by atoms with Crippen molar-refractivity contribution in [1.29, 1.82) is 0 Å². The fraction of sp³-hybridized carbons (Fsp3) is 0. The first kappa shape index (κ1) is 25.4. The smallest absolute Gasteiger partial charge is 0.164 e. The zero-order valence-electron chi connectivity index (χ0n) is 24.2. The van der Waals surface area contributed by atoms with Gasteiger partial charge in [0.05, 0.1) is 0 Å². The Morgan fingerprint density at radius 3 is 1.62 bits per heavy atom. The maximum absolute atomic E-state index is 6.26. The van der Waals surface area contributed by atoms with Gasteiger partial charge in [-0.2, -0.15) is 0 Å². The summed E-state index contributed by atoms with van der Waals surface area (Å²) >= 11 is 0. The van der Waals surface area contributed by atoms with Crippen molar-refractivity contribution in [2.45, 2.75) is 0 Å². The summed E-state index contributed by atoms with van der Waals surface area (Å²) in [6.45, 7) is 0. The summed E-state index contributed by atoms with van der Waals surface area (Å²) in [6, 6.07) is 52.3. The van der Waals surface area contributed by atoms with Crippen LogP contribution in [0, 0.1) is 0 Å². The molecule has 0 saturated heterocycles. The third kappa shape index (κ3) is 4.43. The van der Waals surface area contributed by atoms with E-state index in [4.69, 9.17) is 19.4 Å². The summed E-state index contributed by atoms with van der Waals surface area (Å²) in [5.74, 6) is 1.89. The van der Waals surface area contributed by atoms with Gasteiger partial charge in [-0.3, -0.25) is 0 Å². The van der Waals surface area contributed by atoms with Gasteiger partial charge in [-0.1, -0.05) is 115 Å². The number of hydrogen-bond donors (Lipinski definition) is 0. The van der Waals surface area contributed by atoms with Crippen molar-refractivity contribution < 1.29 is 4.42 Å². The molecule has 0 aliphatic rings. The van der Waals surface area contributed by atoms with E-state index in [0.29, 0.717) is 17.5 Å². The molecule has 45 heavy (non-hydrogen) atoms. The van der Waals surface area contributed by atoms with Crippen molar-refractivity contribution >= 4 is 43.5 Å². The summed E-state index contributed by atoms with van der Waals surface area (Å²) in [5, 5.41) is 6.79. The zero-order valence-corrected chi connectivity index (χ0v) is 24.2. The molecule has 0 bridgehead atoms. The van der Waals surface area contributed by atoms with E-state index in [-0.39, 0.29) is 0 Å². The van der Waals surface area contributed by atoms with Crippen LogP contribution in [0.1, 0.15) is 0 Å². The van der Waals surface area contributed by atoms with Crippen molar-refractivity contribution in [2.75, 3.05) is 0 Å². The first-order valence-corrected chi connectivity index (χ1v) is 15.0. The van der Waals surface area contributed by atoms with E-state index in [1.165, 1.54) is 27.3 Å². The molecule has 2 aromatic heterocycles. The Hall–Kier alpha value is -6.13. The lowest BCUT2D eigenvalue weighted by atomic mass is 10.00. The molecule has 4 heteroatoms. The third-order valence-electron chi connectivity index (χ3n) is 8.49. The van der Waals surface area contributed by atoms with Gasteiger partial charge >= 0.3 is 0 Å². The number of benzene rings is 7. The Morgan fingerprint density at radius 2 is 0.867 bits per heavy atom. The first-order chi connectivity index (χ1) is 22.3. The van der Waals surface area contributed by atoms with Crippen LogP contribution in [0.2, 0.25) is 0 Å². The number of nitrogens with zero attached hydrogens (tertiary/aromatic N) is 3. The highest BCUT2D eigenvalue weighted by Gasteiger charge is 2.16. The predicted octanol–water partition coefficient (Wildman–Crippen LogP) is 10.7. The van der Waals surface area contributed by atoms with Gasteiger partial charge in [0.2, 0.25) is 0 Å². The topological polar surface area (TPSA) is 51.8 Å². The minimum atomic E-state index is 0.620. The standard InChI is InChI=1S/C41H25N3O/c1-3-9-26(10-4-1)29-15-16-31-24-32(18-17-30(31)23-29)40-42-39(28-12-5-2-6-13-28)43-41(44-40)33-20-21-36-35(25-33)38-34-14-8-7-11-27(34)19-22-37(38)45-36/h1-25H. The van der Waals surface area contributed by atoms with Gasteiger partial charge in [0, 0.05) is 27.5 Å². The van der Waals surface area contributed by atoms with Crippen molar-refractivity contribution in [3.63, 3.8) is 0 Å². The quantitative estimate of drug-likeness (QED) is 0.209. The van der Waals surface area contributed by atoms with E-state index < -0.39 is 0 Å². The van der Waals surface area contributed by atoms with Crippen LogP contribution in [0.3, 0.4) is 0 Å². The molecular weight excluding hydrogens is 550 g/mol. The Bertz CT molecular complexity index is 2540. The van der Waals surface area contributed by atoms with E-state index in [1.807, 2.05) is 48.5 Å². The molecule has 0 amide bonds. The molecule has 0 aliphatic heterocycles. The molecule has 210 valence electrons. The van der Waals surface area contributed by atoms with Crippen LogP contribution < -0.4 is 0 Å². The summed E-state index contributed by atoms with van der Waals surface area (Å²) in [6.07, 6.45) is 0. The first-order valence-electron chi connectivity index (χ1n) is 15.0. The molecule has 7 aromatic carbocycles. The second kappa shape index (κ2) is 10.2. The monoisotopic (exact) mass is 575 g/mol. The van der Waals surface area contributed by atoms with E-state index in [0.717, 1.165) is 44.0 Å². The van der Waals surface area contributed by atoms with Crippen LogP contribution in [0.5, 0.6) is 0 Å². The number of furan rings is 1. The molecule has 0 saturated carbocycles. The van der Waals surface area contributed by atoms with Gasteiger partial charge in [-0.25, -0.2) is 15.0 Å². The molecule has 9 rings (SSSR count). The second-order valence-corrected chi connectivity index (χ2v) is 11.3. The van der Waals surface area contributed by atoms with Crippen molar-refractivity contribution in [3.8, 4) is 45.3 Å². The van der Waals surface area contributed by atoms with Gasteiger partial charge in [-0.15, -0.1) is 0 Å². The molecule has 0 spiro atoms. The predicted molar refractivity (Wildman–Crippen MR) is 184 cm³/mol. The van der Waals surface area contributed by atoms with E-state index >= 15 is 0 Å². The molecule has 9 aromatic rings. The van der Waals surface area contributed by atoms with Crippen LogP contribution in [-0.4, -0.2) is 15.0 Å². The van der Waals surface area contributed by atoms with Crippen molar-refractivity contribution in [1.82, 2.24) is 15.0 Å². The lowest BCUT2D eigenvalue weighted by Gasteiger charge is -2.10. The zero-order chi connectivity index (χ0) is 29.7. The molecule has 0 aliphatic carbocycles. The lowest BCUT2D eigenvalue weighted by molar-refractivity contribution is 0.669. The van der Waals surface area contributed by atoms with Gasteiger partial charge < -0.3 is 4.42 Å². The van der Waals surface area contributed by atoms with Crippen LogP contribution in [0.4, 0.5) is 0 Å². The molecule has 0 unspecified atom stereocenters. The summed E-state index contributed by atoms with van der Waals surface area (Å²) < 4.78 is 6.26. The minimum Gasteiger partial charge on any atom is -0.456 e. The summed E-state index contributed by atoms with van der Waals surface area (Å²) in [5.41, 5.74) is 6.90. The number of rotatable bonds is 4. The van der Waals surface area contributed by atoms with Gasteiger partial charge in [0.1, 0.15) is 11.2 Å². The van der Waals surface area contributed by atoms with E-state index in [1.54, 1.807) is 0 Å². The average molecular weight is 576 g/mol. The highest BCUT2D eigenvalue weighted by molar-refractivity contribution is 6.19. The average Bonchev–Trinajstić information content (AvgIpc) is 3.50. The highest BCUT2D eigenvalue weighted by Crippen LogP contribution is 2.37. The van der Waals surface area contributed by atoms with Crippen molar-refractivity contribution in [2.24, 2.45) is 0 Å². The maximum Gasteiger partial charge on any atom is 0.164 e. The lowest BCUT2D eigenvalue weighted by Crippen LogP contribution is -2.00. The SMILES string of the molecule is c1ccc(-c2ccc3cc(-c4nc(-c5ccccc5)nc(-c5ccc6oc7ccc8ccccc8c7c6c5)n4)ccc3c2)cc1. The van der Waals surface area contributed by atoms with E-state index in [9.17, 15) is 0 Å². The molecule has 0 fully saturated rings. The van der Waals surface area contributed by atoms with E-state index in [2.05, 4.69) is 103 Å². The van der Waals surface area contributed by atoms with Gasteiger partial charge in [0.15, 0.2) is 17.5 Å². The Morgan fingerprint density at radius 1 is 0.333 bits per heavy atom. The number of aromatic nitrogens is 3. The number of fused-ring (bicyclic) bond motifs is 6. The summed E-state index contributed by atoms with van der Waals surface area (Å²) in [7, 11) is 0. The van der Waals surface area contributed by atoms with Crippen LogP contribution in [-0.2, 0) is 0 Å². The fourth-order valence-corrected chi connectivity index (χ4v) is 6.23. The molecule has 2 heterocycles. The van der Waals surface area contributed by atoms with Gasteiger partial charge in [0.25, 0.3) is 0 Å². The van der Waals surface area contributed by atoms with Crippen LogP contribution >= 0.6 is 0 Å². The minimum absolute atomic E-state index is 0.620. The molecule has 0 N–H and O–H groups in total. The van der Waals surface area contributed by atoms with Crippen molar-refractivity contribution in [3.05, 3.63) is 152 Å².